The topological polar surface area (TPSA) is 59.5 Å². The van der Waals surface area contributed by atoms with E-state index < -0.39 is 0 Å². The van der Waals surface area contributed by atoms with Gasteiger partial charge in [-0.05, 0) is 25.0 Å². The molecule has 0 aliphatic heterocycles. The van der Waals surface area contributed by atoms with Crippen molar-refractivity contribution in [2.24, 2.45) is 11.7 Å². The maximum Gasteiger partial charge on any atom is 0.289 e. The van der Waals surface area contributed by atoms with Crippen LogP contribution in [-0.2, 0) is 6.54 Å². The Morgan fingerprint density at radius 1 is 1.47 bits per heavy atom. The van der Waals surface area contributed by atoms with Crippen LogP contribution >= 0.6 is 0 Å². The van der Waals surface area contributed by atoms with Gasteiger partial charge in [0.2, 0.25) is 0 Å². The molecular weight excluding hydrogens is 216 g/mol. The molecule has 0 bridgehead atoms. The molecule has 0 fully saturated rings. The van der Waals surface area contributed by atoms with Crippen LogP contribution in [-0.4, -0.2) is 23.9 Å². The van der Waals surface area contributed by atoms with Gasteiger partial charge in [0, 0.05) is 13.1 Å². The Labute approximate surface area is 103 Å². The molecule has 1 aromatic rings. The molecule has 1 atom stereocenters. The molecule has 1 amide bonds. The number of carbonyl (C=O) groups is 1. The van der Waals surface area contributed by atoms with Crippen molar-refractivity contribution in [1.82, 2.24) is 4.90 Å². The predicted molar refractivity (Wildman–Crippen MR) is 67.6 cm³/mol. The Kier molecular flexibility index (Phi) is 5.22. The molecule has 4 nitrogen and oxygen atoms in total. The van der Waals surface area contributed by atoms with Gasteiger partial charge in [-0.25, -0.2) is 0 Å². The summed E-state index contributed by atoms with van der Waals surface area (Å²) in [5, 5.41) is 0. The second kappa shape index (κ2) is 6.45. The van der Waals surface area contributed by atoms with Crippen molar-refractivity contribution in [2.45, 2.75) is 33.7 Å². The number of hydrogen-bond donors (Lipinski definition) is 1. The fourth-order valence-corrected chi connectivity index (χ4v) is 1.62. The van der Waals surface area contributed by atoms with Gasteiger partial charge in [0.1, 0.15) is 5.76 Å². The quantitative estimate of drug-likeness (QED) is 0.827. The molecule has 2 N–H and O–H groups in total. The number of hydrogen-bond acceptors (Lipinski definition) is 3. The summed E-state index contributed by atoms with van der Waals surface area (Å²) in [6.45, 7) is 8.04. The third-order valence-electron chi connectivity index (χ3n) is 2.97. The van der Waals surface area contributed by atoms with Crippen LogP contribution in [0.15, 0.2) is 16.5 Å². The first kappa shape index (κ1) is 13.8. The van der Waals surface area contributed by atoms with Crippen molar-refractivity contribution in [2.75, 3.05) is 13.1 Å². The van der Waals surface area contributed by atoms with E-state index in [1.807, 2.05) is 11.8 Å². The van der Waals surface area contributed by atoms with Crippen LogP contribution in [0.5, 0.6) is 0 Å². The highest BCUT2D eigenvalue weighted by molar-refractivity contribution is 5.91. The van der Waals surface area contributed by atoms with Crippen LogP contribution < -0.4 is 5.73 Å². The summed E-state index contributed by atoms with van der Waals surface area (Å²) in [6.07, 6.45) is 1.07. The first-order chi connectivity index (χ1) is 8.12. The molecule has 1 heterocycles. The first-order valence-corrected chi connectivity index (χ1v) is 6.20. The zero-order valence-corrected chi connectivity index (χ0v) is 10.9. The normalized spacial score (nSPS) is 12.5. The van der Waals surface area contributed by atoms with E-state index in [0.29, 0.717) is 30.5 Å². The van der Waals surface area contributed by atoms with E-state index >= 15 is 0 Å². The zero-order valence-electron chi connectivity index (χ0n) is 10.9. The van der Waals surface area contributed by atoms with Gasteiger partial charge in [-0.2, -0.15) is 0 Å². The maximum atomic E-state index is 12.1. The number of nitrogens with zero attached hydrogens (tertiary/aromatic N) is 1. The van der Waals surface area contributed by atoms with Crippen molar-refractivity contribution >= 4 is 5.91 Å². The van der Waals surface area contributed by atoms with Crippen molar-refractivity contribution in [1.29, 1.82) is 0 Å². The second-order valence-corrected chi connectivity index (χ2v) is 4.33. The number of nitrogens with two attached hydrogens (primary N) is 1. The molecule has 0 aliphatic rings. The molecule has 0 radical (unpaired) electrons. The van der Waals surface area contributed by atoms with Crippen LogP contribution in [0.2, 0.25) is 0 Å². The van der Waals surface area contributed by atoms with E-state index in [9.17, 15) is 4.79 Å². The monoisotopic (exact) mass is 238 g/mol. The van der Waals surface area contributed by atoms with Crippen LogP contribution in [0.4, 0.5) is 0 Å². The number of furan rings is 1. The molecule has 17 heavy (non-hydrogen) atoms. The summed E-state index contributed by atoms with van der Waals surface area (Å²) in [7, 11) is 0. The average Bonchev–Trinajstić information content (AvgIpc) is 2.83. The zero-order chi connectivity index (χ0) is 12.8. The van der Waals surface area contributed by atoms with Gasteiger partial charge in [-0.15, -0.1) is 0 Å². The maximum absolute atomic E-state index is 12.1. The minimum absolute atomic E-state index is 0.0486. The molecule has 0 aromatic carbocycles. The first-order valence-electron chi connectivity index (χ1n) is 6.20. The standard InChI is InChI=1S/C13H22N2O2/c1-4-10(3)9-15(5-2)13(16)12-7-6-11(8-14)17-12/h6-7,10H,4-5,8-9,14H2,1-3H3. The smallest absolute Gasteiger partial charge is 0.289 e. The Balaban J connectivity index is 2.71. The van der Waals surface area contributed by atoms with Crippen LogP contribution in [0, 0.1) is 5.92 Å². The van der Waals surface area contributed by atoms with Crippen molar-refractivity contribution < 1.29 is 9.21 Å². The lowest BCUT2D eigenvalue weighted by Crippen LogP contribution is -2.34. The van der Waals surface area contributed by atoms with Crippen LogP contribution in [0.25, 0.3) is 0 Å². The van der Waals surface area contributed by atoms with E-state index in [1.54, 1.807) is 12.1 Å². The Morgan fingerprint density at radius 2 is 2.18 bits per heavy atom. The molecule has 96 valence electrons. The summed E-state index contributed by atoms with van der Waals surface area (Å²) in [5.41, 5.74) is 5.46. The van der Waals surface area contributed by atoms with Gasteiger partial charge >= 0.3 is 0 Å². The van der Waals surface area contributed by atoms with E-state index in [2.05, 4.69) is 13.8 Å². The van der Waals surface area contributed by atoms with E-state index in [-0.39, 0.29) is 5.91 Å². The fourth-order valence-electron chi connectivity index (χ4n) is 1.62. The van der Waals surface area contributed by atoms with Crippen LogP contribution in [0.3, 0.4) is 0 Å². The molecule has 1 aromatic heterocycles. The summed E-state index contributed by atoms with van der Waals surface area (Å²) >= 11 is 0. The van der Waals surface area contributed by atoms with Gasteiger partial charge < -0.3 is 15.1 Å². The lowest BCUT2D eigenvalue weighted by Gasteiger charge is -2.22. The number of rotatable bonds is 6. The third-order valence-corrected chi connectivity index (χ3v) is 2.97. The van der Waals surface area contributed by atoms with Gasteiger partial charge in [-0.3, -0.25) is 4.79 Å². The highest BCUT2D eigenvalue weighted by Crippen LogP contribution is 2.12. The van der Waals surface area contributed by atoms with E-state index in [0.717, 1.165) is 13.0 Å². The van der Waals surface area contributed by atoms with E-state index in [1.165, 1.54) is 0 Å². The molecule has 4 heteroatoms. The van der Waals surface area contributed by atoms with Crippen molar-refractivity contribution in [3.63, 3.8) is 0 Å². The molecule has 0 aliphatic carbocycles. The Morgan fingerprint density at radius 3 is 2.65 bits per heavy atom. The molecule has 0 saturated heterocycles. The second-order valence-electron chi connectivity index (χ2n) is 4.33. The van der Waals surface area contributed by atoms with Crippen molar-refractivity contribution in [3.05, 3.63) is 23.7 Å². The predicted octanol–water partition coefficient (Wildman–Crippen LogP) is 2.25. The van der Waals surface area contributed by atoms with E-state index in [4.69, 9.17) is 10.2 Å². The molecule has 0 saturated carbocycles. The molecule has 1 rings (SSSR count). The summed E-state index contributed by atoms with van der Waals surface area (Å²) in [5.74, 6) is 1.49. The molecule has 0 spiro atoms. The minimum Gasteiger partial charge on any atom is -0.455 e. The van der Waals surface area contributed by atoms with Gasteiger partial charge in [0.25, 0.3) is 5.91 Å². The largest absolute Gasteiger partial charge is 0.455 e. The Hall–Kier alpha value is -1.29. The van der Waals surface area contributed by atoms with Gasteiger partial charge in [0.05, 0.1) is 6.54 Å². The summed E-state index contributed by atoms with van der Waals surface area (Å²) in [6, 6.07) is 3.45. The SMILES string of the molecule is CCC(C)CN(CC)C(=O)c1ccc(CN)o1. The Bertz CT molecular complexity index is 360. The molecule has 1 unspecified atom stereocenters. The highest BCUT2D eigenvalue weighted by atomic mass is 16.4. The fraction of sp³-hybridized carbons (Fsp3) is 0.615. The number of carbonyl (C=O) groups excluding carboxylic acids is 1. The number of amides is 1. The summed E-state index contributed by atoms with van der Waals surface area (Å²) < 4.78 is 5.38. The van der Waals surface area contributed by atoms with Crippen molar-refractivity contribution in [3.8, 4) is 0 Å². The molecular formula is C13H22N2O2. The van der Waals surface area contributed by atoms with Crippen LogP contribution in [0.1, 0.15) is 43.5 Å². The minimum atomic E-state index is -0.0486. The van der Waals surface area contributed by atoms with Gasteiger partial charge in [-0.1, -0.05) is 20.3 Å². The highest BCUT2D eigenvalue weighted by Gasteiger charge is 2.19. The lowest BCUT2D eigenvalue weighted by molar-refractivity contribution is 0.0707. The lowest BCUT2D eigenvalue weighted by atomic mass is 10.1. The average molecular weight is 238 g/mol. The van der Waals surface area contributed by atoms with Gasteiger partial charge in [0.15, 0.2) is 5.76 Å². The third kappa shape index (κ3) is 3.60. The summed E-state index contributed by atoms with van der Waals surface area (Å²) in [4.78, 5) is 14.0.